The van der Waals surface area contributed by atoms with Crippen molar-refractivity contribution in [2.24, 2.45) is 17.1 Å². The first-order valence-electron chi connectivity index (χ1n) is 7.02. The fourth-order valence-corrected chi connectivity index (χ4v) is 2.48. The van der Waals surface area contributed by atoms with Crippen molar-refractivity contribution in [2.75, 3.05) is 19.6 Å². The van der Waals surface area contributed by atoms with Gasteiger partial charge in [0.15, 0.2) is 0 Å². The monoisotopic (exact) mass is 239 g/mol. The second-order valence-corrected chi connectivity index (χ2v) is 6.12. The van der Waals surface area contributed by atoms with Gasteiger partial charge in [0, 0.05) is 5.41 Å². The molecule has 3 heteroatoms. The van der Waals surface area contributed by atoms with Crippen LogP contribution < -0.4 is 5.73 Å². The van der Waals surface area contributed by atoms with Crippen LogP contribution in [0.5, 0.6) is 0 Å². The molecule has 0 atom stereocenters. The van der Waals surface area contributed by atoms with Crippen molar-refractivity contribution in [3.63, 3.8) is 0 Å². The molecule has 3 N–H and O–H groups in total. The molecule has 1 heterocycles. The zero-order chi connectivity index (χ0) is 12.9. The van der Waals surface area contributed by atoms with Crippen LogP contribution in [-0.4, -0.2) is 30.4 Å². The number of piperidine rings is 1. The summed E-state index contributed by atoms with van der Waals surface area (Å²) in [4.78, 5) is 2.54. The van der Waals surface area contributed by atoms with Gasteiger partial charge in [-0.2, -0.15) is 0 Å². The molecule has 0 aliphatic carbocycles. The average Bonchev–Trinajstić information content (AvgIpc) is 2.28. The minimum Gasteiger partial charge on any atom is -0.387 e. The van der Waals surface area contributed by atoms with Gasteiger partial charge in [0.1, 0.15) is 0 Å². The fraction of sp³-hybridized carbons (Fsp3) is 0.929. The van der Waals surface area contributed by atoms with Gasteiger partial charge in [-0.25, -0.2) is 0 Å². The Morgan fingerprint density at radius 3 is 2.41 bits per heavy atom. The predicted molar refractivity (Wildman–Crippen MR) is 74.4 cm³/mol. The lowest BCUT2D eigenvalue weighted by molar-refractivity contribution is 0.166. The Bertz CT molecular complexity index is 240. The lowest BCUT2D eigenvalue weighted by Crippen LogP contribution is -2.39. The van der Waals surface area contributed by atoms with Crippen LogP contribution in [0.15, 0.2) is 0 Å². The molecule has 17 heavy (non-hydrogen) atoms. The van der Waals surface area contributed by atoms with E-state index in [1.807, 2.05) is 0 Å². The molecule has 0 radical (unpaired) electrons. The largest absolute Gasteiger partial charge is 0.387 e. The first-order chi connectivity index (χ1) is 7.95. The van der Waals surface area contributed by atoms with Gasteiger partial charge in [0.2, 0.25) is 0 Å². The molecule has 3 nitrogen and oxygen atoms in total. The molecule has 100 valence electrons. The van der Waals surface area contributed by atoms with E-state index in [9.17, 15) is 0 Å². The molecule has 1 rings (SSSR count). The molecule has 0 aromatic rings. The third-order valence-electron chi connectivity index (χ3n) is 4.19. The van der Waals surface area contributed by atoms with Crippen molar-refractivity contribution in [3.05, 3.63) is 0 Å². The van der Waals surface area contributed by atoms with E-state index in [0.717, 1.165) is 18.9 Å². The third kappa shape index (κ3) is 4.66. The van der Waals surface area contributed by atoms with Gasteiger partial charge in [-0.15, -0.1) is 0 Å². The van der Waals surface area contributed by atoms with E-state index < -0.39 is 0 Å². The number of nitrogens with one attached hydrogen (secondary N) is 1. The highest BCUT2D eigenvalue weighted by atomic mass is 15.1. The van der Waals surface area contributed by atoms with Gasteiger partial charge >= 0.3 is 0 Å². The van der Waals surface area contributed by atoms with E-state index in [0.29, 0.717) is 5.84 Å². The molecule has 0 saturated carbocycles. The zero-order valence-corrected chi connectivity index (χ0v) is 11.8. The quantitative estimate of drug-likeness (QED) is 0.553. The molecule has 0 aromatic carbocycles. The van der Waals surface area contributed by atoms with Crippen LogP contribution in [0.25, 0.3) is 0 Å². The maximum absolute atomic E-state index is 7.56. The topological polar surface area (TPSA) is 53.1 Å². The number of nitrogens with zero attached hydrogens (tertiary/aromatic N) is 1. The number of amidine groups is 1. The minimum absolute atomic E-state index is 0.139. The molecular weight excluding hydrogens is 210 g/mol. The highest BCUT2D eigenvalue weighted by Gasteiger charge is 2.24. The van der Waals surface area contributed by atoms with E-state index in [4.69, 9.17) is 11.1 Å². The zero-order valence-electron chi connectivity index (χ0n) is 11.8. The summed E-state index contributed by atoms with van der Waals surface area (Å²) < 4.78 is 0. The first kappa shape index (κ1) is 14.5. The summed E-state index contributed by atoms with van der Waals surface area (Å²) in [7, 11) is 0. The Hall–Kier alpha value is -0.570. The van der Waals surface area contributed by atoms with Gasteiger partial charge < -0.3 is 10.6 Å². The number of hydrogen-bond donors (Lipinski definition) is 2. The number of nitrogens with two attached hydrogens (primary N) is 1. The molecule has 1 aliphatic heterocycles. The average molecular weight is 239 g/mol. The minimum atomic E-state index is -0.139. The van der Waals surface area contributed by atoms with Crippen LogP contribution in [0.1, 0.15) is 52.9 Å². The Labute approximate surface area is 106 Å². The summed E-state index contributed by atoms with van der Waals surface area (Å²) in [5.74, 6) is 1.27. The summed E-state index contributed by atoms with van der Waals surface area (Å²) in [6.45, 7) is 9.98. The summed E-state index contributed by atoms with van der Waals surface area (Å²) >= 11 is 0. The summed E-state index contributed by atoms with van der Waals surface area (Å²) in [5.41, 5.74) is 5.47. The maximum Gasteiger partial charge on any atom is 0.0963 e. The van der Waals surface area contributed by atoms with E-state index in [1.54, 1.807) is 0 Å². The van der Waals surface area contributed by atoms with E-state index in [-0.39, 0.29) is 5.41 Å². The van der Waals surface area contributed by atoms with Crippen molar-refractivity contribution in [2.45, 2.75) is 52.9 Å². The van der Waals surface area contributed by atoms with Crippen molar-refractivity contribution in [3.8, 4) is 0 Å². The van der Waals surface area contributed by atoms with Gasteiger partial charge in [-0.1, -0.05) is 33.6 Å². The third-order valence-corrected chi connectivity index (χ3v) is 4.19. The molecule has 0 amide bonds. The Balaban J connectivity index is 2.25. The van der Waals surface area contributed by atoms with E-state index in [1.165, 1.54) is 38.8 Å². The van der Waals surface area contributed by atoms with Crippen LogP contribution in [0, 0.1) is 16.7 Å². The highest BCUT2D eigenvalue weighted by molar-refractivity contribution is 5.82. The molecule has 0 bridgehead atoms. The van der Waals surface area contributed by atoms with Gasteiger partial charge in [-0.05, 0) is 44.8 Å². The van der Waals surface area contributed by atoms with Crippen molar-refractivity contribution in [1.29, 1.82) is 5.41 Å². The van der Waals surface area contributed by atoms with E-state index >= 15 is 0 Å². The van der Waals surface area contributed by atoms with Crippen LogP contribution in [0.4, 0.5) is 0 Å². The Morgan fingerprint density at radius 1 is 1.35 bits per heavy atom. The second kappa shape index (κ2) is 6.39. The van der Waals surface area contributed by atoms with Crippen LogP contribution in [0.2, 0.25) is 0 Å². The van der Waals surface area contributed by atoms with Crippen molar-refractivity contribution in [1.82, 2.24) is 4.90 Å². The lowest BCUT2D eigenvalue weighted by atomic mass is 9.87. The van der Waals surface area contributed by atoms with E-state index in [2.05, 4.69) is 25.7 Å². The Morgan fingerprint density at radius 2 is 1.94 bits per heavy atom. The smallest absolute Gasteiger partial charge is 0.0963 e. The summed E-state index contributed by atoms with van der Waals surface area (Å²) in [6.07, 6.45) is 6.43. The molecule has 0 unspecified atom stereocenters. The first-order valence-corrected chi connectivity index (χ1v) is 7.02. The normalized spacial score (nSPS) is 19.5. The Kier molecular flexibility index (Phi) is 5.44. The van der Waals surface area contributed by atoms with Crippen LogP contribution >= 0.6 is 0 Å². The highest BCUT2D eigenvalue weighted by Crippen LogP contribution is 2.24. The van der Waals surface area contributed by atoms with Gasteiger partial charge in [0.25, 0.3) is 0 Å². The number of hydrogen-bond acceptors (Lipinski definition) is 2. The molecular formula is C14H29N3. The summed E-state index contributed by atoms with van der Waals surface area (Å²) in [6, 6.07) is 0. The van der Waals surface area contributed by atoms with Crippen LogP contribution in [0.3, 0.4) is 0 Å². The molecule has 0 aromatic heterocycles. The fourth-order valence-electron chi connectivity index (χ4n) is 2.48. The van der Waals surface area contributed by atoms with Gasteiger partial charge in [0.05, 0.1) is 5.84 Å². The molecule has 1 aliphatic rings. The maximum atomic E-state index is 7.56. The second-order valence-electron chi connectivity index (χ2n) is 6.12. The SMILES string of the molecule is CCCC1CCN(CCC(C)(C)C(=N)N)CC1. The lowest BCUT2D eigenvalue weighted by Gasteiger charge is -2.34. The number of likely N-dealkylation sites (tertiary alicyclic amines) is 1. The standard InChI is InChI=1S/C14H29N3/c1-4-5-12-6-9-17(10-7-12)11-8-14(2,3)13(15)16/h12H,4-11H2,1-3H3,(H3,15,16). The number of rotatable bonds is 6. The van der Waals surface area contributed by atoms with Crippen LogP contribution in [-0.2, 0) is 0 Å². The molecule has 1 saturated heterocycles. The summed E-state index contributed by atoms with van der Waals surface area (Å²) in [5, 5.41) is 7.56. The van der Waals surface area contributed by atoms with Gasteiger partial charge in [-0.3, -0.25) is 5.41 Å². The van der Waals surface area contributed by atoms with Crippen molar-refractivity contribution >= 4 is 5.84 Å². The molecule has 0 spiro atoms. The predicted octanol–water partition coefficient (Wildman–Crippen LogP) is 2.85. The van der Waals surface area contributed by atoms with Crippen molar-refractivity contribution < 1.29 is 0 Å². The molecule has 1 fully saturated rings.